The van der Waals surface area contributed by atoms with E-state index < -0.39 is 36.6 Å². The van der Waals surface area contributed by atoms with Crippen LogP contribution in [0.5, 0.6) is 0 Å². The summed E-state index contributed by atoms with van der Waals surface area (Å²) in [6, 6.07) is 40.8. The first kappa shape index (κ1) is 34.1. The average Bonchev–Trinajstić information content (AvgIpc) is 3.06. The molecule has 1 atom stereocenters. The topological polar surface area (TPSA) is 24.4 Å². The lowest BCUT2D eigenvalue weighted by Gasteiger charge is -2.29. The highest BCUT2D eigenvalue weighted by Gasteiger charge is 2.37. The second-order valence-electron chi connectivity index (χ2n) is 11.0. The zero-order valence-electron chi connectivity index (χ0n) is 25.0. The Balaban J connectivity index is 1.55. The third-order valence-corrected chi connectivity index (χ3v) is 11.6. The molecular weight excluding hydrogens is 649 g/mol. The molecule has 2 nitrogen and oxygen atoms in total. The summed E-state index contributed by atoms with van der Waals surface area (Å²) >= 11 is 5.58. The zero-order valence-corrected chi connectivity index (χ0v) is 26.8. The molecule has 5 aromatic carbocycles. The fourth-order valence-electron chi connectivity index (χ4n) is 5.49. The number of nitrogens with one attached hydrogen (secondary N) is 1. The minimum absolute atomic E-state index is 0.122. The summed E-state index contributed by atoms with van der Waals surface area (Å²) < 4.78 is 86.7. The van der Waals surface area contributed by atoms with Crippen LogP contribution >= 0.6 is 19.3 Å². The standard InChI is InChI=1S/C37H31F6N2PS/c38-36(39,40)29-21-28(22-30(25-29)37(41,42)43)24-35(47)45-31(23-27-13-5-1-6-14-27)26-44-46(32-15-7-2-8-16-32,33-17-9-3-10-18-33)34-19-11-4-12-20-34/h1-22,25,31H,23-24,26H2,(H,45,47)/t31-/m0/s1. The molecule has 5 aromatic rings. The minimum atomic E-state index is -4.95. The fraction of sp³-hybridized carbons (Fsp3) is 0.162. The lowest BCUT2D eigenvalue weighted by atomic mass is 10.0. The van der Waals surface area contributed by atoms with Crippen LogP contribution in [0.1, 0.15) is 22.3 Å². The van der Waals surface area contributed by atoms with Crippen LogP contribution in [0.2, 0.25) is 0 Å². The highest BCUT2D eigenvalue weighted by molar-refractivity contribution is 7.87. The van der Waals surface area contributed by atoms with Crippen molar-refractivity contribution in [2.75, 3.05) is 6.54 Å². The molecule has 0 heterocycles. The van der Waals surface area contributed by atoms with Crippen molar-refractivity contribution in [1.82, 2.24) is 5.32 Å². The van der Waals surface area contributed by atoms with Crippen LogP contribution in [0.4, 0.5) is 26.3 Å². The normalized spacial score (nSPS) is 12.7. The Morgan fingerprint density at radius 2 is 1.00 bits per heavy atom. The van der Waals surface area contributed by atoms with Gasteiger partial charge in [-0.1, -0.05) is 134 Å². The molecule has 0 fully saturated rings. The molecule has 0 saturated carbocycles. The molecule has 0 aliphatic rings. The van der Waals surface area contributed by atoms with E-state index in [-0.39, 0.29) is 29.6 Å². The molecule has 1 N–H and O–H groups in total. The first-order chi connectivity index (χ1) is 22.4. The summed E-state index contributed by atoms with van der Waals surface area (Å²) in [4.78, 5) is 0.122. The maximum Gasteiger partial charge on any atom is 0.416 e. The Morgan fingerprint density at radius 1 is 0.596 bits per heavy atom. The number of benzene rings is 5. The van der Waals surface area contributed by atoms with E-state index in [9.17, 15) is 26.3 Å². The third-order valence-electron chi connectivity index (χ3n) is 7.61. The second kappa shape index (κ2) is 14.7. The summed E-state index contributed by atoms with van der Waals surface area (Å²) in [5, 5.41) is 6.38. The molecule has 0 bridgehead atoms. The van der Waals surface area contributed by atoms with Crippen LogP contribution in [-0.2, 0) is 25.2 Å². The van der Waals surface area contributed by atoms with Gasteiger partial charge in [0.1, 0.15) is 0 Å². The van der Waals surface area contributed by atoms with Crippen molar-refractivity contribution in [3.8, 4) is 0 Å². The summed E-state index contributed by atoms with van der Waals surface area (Å²) in [5.41, 5.74) is -1.95. The zero-order chi connectivity index (χ0) is 33.5. The first-order valence-corrected chi connectivity index (χ1v) is 17.0. The average molecular weight is 681 g/mol. The quantitative estimate of drug-likeness (QED) is 0.0905. The molecule has 0 aromatic heterocycles. The van der Waals surface area contributed by atoms with Crippen LogP contribution in [-0.4, -0.2) is 17.6 Å². The number of hydrogen-bond acceptors (Lipinski definition) is 2. The second-order valence-corrected chi connectivity index (χ2v) is 14.6. The molecule has 0 amide bonds. The number of nitrogens with zero attached hydrogens (tertiary/aromatic N) is 1. The van der Waals surface area contributed by atoms with Gasteiger partial charge in [0, 0.05) is 22.3 Å². The number of thiocarbonyl (C=S) groups is 1. The molecule has 0 aliphatic heterocycles. The van der Waals surface area contributed by atoms with Gasteiger partial charge in [-0.25, -0.2) is 0 Å². The summed E-state index contributed by atoms with van der Waals surface area (Å²) in [5.74, 6) is 0. The minimum Gasteiger partial charge on any atom is -0.374 e. The van der Waals surface area contributed by atoms with E-state index >= 15 is 0 Å². The van der Waals surface area contributed by atoms with Gasteiger partial charge in [0.05, 0.1) is 35.8 Å². The number of hydrogen-bond donors (Lipinski definition) is 1. The van der Waals surface area contributed by atoms with Crippen molar-refractivity contribution in [3.05, 3.63) is 162 Å². The van der Waals surface area contributed by atoms with Crippen LogP contribution in [0.15, 0.2) is 144 Å². The van der Waals surface area contributed by atoms with Crippen molar-refractivity contribution in [3.63, 3.8) is 0 Å². The Bertz CT molecular complexity index is 1690. The molecule has 5 rings (SSSR count). The van der Waals surface area contributed by atoms with Crippen molar-refractivity contribution in [1.29, 1.82) is 0 Å². The van der Waals surface area contributed by atoms with Gasteiger partial charge in [0.2, 0.25) is 0 Å². The van der Waals surface area contributed by atoms with E-state index in [0.29, 0.717) is 6.42 Å². The summed E-state index contributed by atoms with van der Waals surface area (Å²) in [7, 11) is -2.58. The summed E-state index contributed by atoms with van der Waals surface area (Å²) in [6.07, 6.45) is -9.72. The van der Waals surface area contributed by atoms with Gasteiger partial charge in [-0.05, 0) is 35.7 Å². The maximum atomic E-state index is 13.5. The molecule has 242 valence electrons. The molecule has 0 saturated heterocycles. The van der Waals surface area contributed by atoms with Gasteiger partial charge in [-0.15, -0.1) is 0 Å². The molecule has 0 spiro atoms. The predicted octanol–water partition coefficient (Wildman–Crippen LogP) is 8.97. The van der Waals surface area contributed by atoms with Crippen molar-refractivity contribution >= 4 is 40.2 Å². The maximum absolute atomic E-state index is 13.5. The lowest BCUT2D eigenvalue weighted by Crippen LogP contribution is -2.39. The molecule has 47 heavy (non-hydrogen) atoms. The smallest absolute Gasteiger partial charge is 0.374 e. The van der Waals surface area contributed by atoms with Crippen LogP contribution in [0, 0.1) is 0 Å². The number of rotatable bonds is 10. The molecular formula is C37H31F6N2PS. The van der Waals surface area contributed by atoms with Gasteiger partial charge < -0.3 is 5.32 Å². The fourth-order valence-corrected chi connectivity index (χ4v) is 9.46. The Labute approximate surface area is 275 Å². The highest BCUT2D eigenvalue weighted by atomic mass is 32.1. The molecule has 0 aliphatic carbocycles. The van der Waals surface area contributed by atoms with E-state index in [2.05, 4.69) is 41.7 Å². The van der Waals surface area contributed by atoms with E-state index in [1.54, 1.807) is 0 Å². The van der Waals surface area contributed by atoms with Gasteiger partial charge in [-0.2, -0.15) is 26.3 Å². The van der Waals surface area contributed by atoms with E-state index in [1.165, 1.54) is 0 Å². The van der Waals surface area contributed by atoms with Crippen molar-refractivity contribution < 1.29 is 26.3 Å². The van der Waals surface area contributed by atoms with Gasteiger partial charge in [-0.3, -0.25) is 4.74 Å². The molecule has 0 radical (unpaired) electrons. The van der Waals surface area contributed by atoms with Crippen LogP contribution in [0.3, 0.4) is 0 Å². The van der Waals surface area contributed by atoms with Crippen molar-refractivity contribution in [2.24, 2.45) is 4.74 Å². The SMILES string of the molecule is FC(F)(F)c1cc(CC(=S)N[C@H](CN=P(c2ccccc2)(c2ccccc2)c2ccccc2)Cc2ccccc2)cc(C(F)(F)F)c1. The van der Waals surface area contributed by atoms with E-state index in [1.807, 2.05) is 84.9 Å². The largest absolute Gasteiger partial charge is 0.416 e. The Kier molecular flexibility index (Phi) is 10.7. The Morgan fingerprint density at radius 3 is 1.40 bits per heavy atom. The van der Waals surface area contributed by atoms with Gasteiger partial charge in [0.25, 0.3) is 0 Å². The van der Waals surface area contributed by atoms with Crippen LogP contribution < -0.4 is 21.2 Å². The monoisotopic (exact) mass is 680 g/mol. The number of halogens is 6. The van der Waals surface area contributed by atoms with Gasteiger partial charge in [0.15, 0.2) is 0 Å². The highest BCUT2D eigenvalue weighted by Crippen LogP contribution is 2.46. The molecule has 0 unspecified atom stereocenters. The van der Waals surface area contributed by atoms with Crippen molar-refractivity contribution in [2.45, 2.75) is 31.2 Å². The molecule has 10 heteroatoms. The van der Waals surface area contributed by atoms with Crippen LogP contribution in [0.25, 0.3) is 0 Å². The van der Waals surface area contributed by atoms with E-state index in [0.717, 1.165) is 33.6 Å². The number of alkyl halides is 6. The van der Waals surface area contributed by atoms with Gasteiger partial charge >= 0.3 is 12.4 Å². The Hall–Kier alpha value is -4.20. The third kappa shape index (κ3) is 8.59. The van der Waals surface area contributed by atoms with E-state index in [4.69, 9.17) is 17.0 Å². The lowest BCUT2D eigenvalue weighted by molar-refractivity contribution is -0.143. The summed E-state index contributed by atoms with van der Waals surface area (Å²) in [6.45, 7) is 0.262. The first-order valence-electron chi connectivity index (χ1n) is 14.8. The predicted molar refractivity (Wildman–Crippen MR) is 182 cm³/mol.